The van der Waals surface area contributed by atoms with E-state index >= 15 is 0 Å². The van der Waals surface area contributed by atoms with Crippen LogP contribution in [0.5, 0.6) is 0 Å². The van der Waals surface area contributed by atoms with Crippen molar-refractivity contribution in [2.75, 3.05) is 7.05 Å². The highest BCUT2D eigenvalue weighted by Crippen LogP contribution is 2.30. The van der Waals surface area contributed by atoms with Gasteiger partial charge in [-0.2, -0.15) is 15.3 Å². The first-order valence-corrected chi connectivity index (χ1v) is 8.39. The van der Waals surface area contributed by atoms with E-state index < -0.39 is 0 Å². The van der Waals surface area contributed by atoms with Gasteiger partial charge in [0.1, 0.15) is 0 Å². The highest BCUT2D eigenvalue weighted by atomic mass is 15.7. The lowest BCUT2D eigenvalue weighted by molar-refractivity contribution is 0.369. The second-order valence-electron chi connectivity index (χ2n) is 6.04. The lowest BCUT2D eigenvalue weighted by Crippen LogP contribution is -2.31. The number of hydrazone groups is 2. The molecule has 0 atom stereocenters. The van der Waals surface area contributed by atoms with E-state index in [2.05, 4.69) is 48.5 Å². The lowest BCUT2D eigenvalue weighted by Gasteiger charge is -2.28. The molecule has 0 amide bonds. The van der Waals surface area contributed by atoms with E-state index in [-0.39, 0.29) is 5.92 Å². The molecule has 1 aliphatic rings. The summed E-state index contributed by atoms with van der Waals surface area (Å²) in [5, 5.41) is 11.2. The highest BCUT2D eigenvalue weighted by Gasteiger charge is 2.30. The third-order valence-corrected chi connectivity index (χ3v) is 4.32. The summed E-state index contributed by atoms with van der Waals surface area (Å²) in [4.78, 5) is 0. The summed E-state index contributed by atoms with van der Waals surface area (Å²) in [5.41, 5.74) is 5.46. The molecule has 4 rings (SSSR count). The first kappa shape index (κ1) is 15.3. The zero-order chi connectivity index (χ0) is 17.1. The quantitative estimate of drug-likeness (QED) is 0.695. The Hall–Kier alpha value is -3.20. The van der Waals surface area contributed by atoms with Crippen LogP contribution in [0.25, 0.3) is 0 Å². The summed E-state index contributed by atoms with van der Waals surface area (Å²) in [5.74, 6) is 0.00204. The Labute approximate surface area is 147 Å². The minimum absolute atomic E-state index is 0.00204. The topological polar surface area (TPSA) is 28.0 Å². The maximum absolute atomic E-state index is 4.75. The molecule has 0 N–H and O–H groups in total. The fraction of sp³-hybridized carbons (Fsp3) is 0.0909. The van der Waals surface area contributed by atoms with Crippen LogP contribution in [0.3, 0.4) is 0 Å². The number of rotatable bonds is 3. The number of benzene rings is 3. The van der Waals surface area contributed by atoms with Crippen molar-refractivity contribution in [3.8, 4) is 0 Å². The molecular weight excluding hydrogens is 306 g/mol. The highest BCUT2D eigenvalue weighted by molar-refractivity contribution is 6.24. The number of hydrogen-bond donors (Lipinski definition) is 0. The summed E-state index contributed by atoms with van der Waals surface area (Å²) in [6.45, 7) is 0. The van der Waals surface area contributed by atoms with Crippen molar-refractivity contribution in [2.24, 2.45) is 10.2 Å². The van der Waals surface area contributed by atoms with Gasteiger partial charge in [-0.25, -0.2) is 0 Å². The van der Waals surface area contributed by atoms with Gasteiger partial charge in [-0.1, -0.05) is 91.0 Å². The second kappa shape index (κ2) is 6.73. The van der Waals surface area contributed by atoms with Crippen LogP contribution in [-0.4, -0.2) is 23.6 Å². The molecule has 0 saturated heterocycles. The van der Waals surface area contributed by atoms with Crippen LogP contribution < -0.4 is 0 Å². The number of nitrogens with zero attached hydrogens (tertiary/aromatic N) is 3. The van der Waals surface area contributed by atoms with Crippen molar-refractivity contribution < 1.29 is 0 Å². The van der Waals surface area contributed by atoms with Gasteiger partial charge in [-0.15, -0.1) is 0 Å². The molecule has 122 valence electrons. The van der Waals surface area contributed by atoms with E-state index in [1.807, 2.05) is 49.5 Å². The monoisotopic (exact) mass is 325 g/mol. The maximum atomic E-state index is 4.75. The Kier molecular flexibility index (Phi) is 4.13. The first-order valence-electron chi connectivity index (χ1n) is 8.39. The van der Waals surface area contributed by atoms with Crippen LogP contribution in [0, 0.1) is 0 Å². The van der Waals surface area contributed by atoms with Gasteiger partial charge in [-0.05, 0) is 16.7 Å². The molecule has 0 bridgehead atoms. The van der Waals surface area contributed by atoms with E-state index in [1.165, 1.54) is 5.56 Å². The van der Waals surface area contributed by atoms with Crippen LogP contribution in [0.15, 0.2) is 101 Å². The maximum Gasteiger partial charge on any atom is 0.0834 e. The van der Waals surface area contributed by atoms with Crippen LogP contribution in [0.2, 0.25) is 0 Å². The third kappa shape index (κ3) is 3.09. The van der Waals surface area contributed by atoms with Gasteiger partial charge >= 0.3 is 0 Å². The van der Waals surface area contributed by atoms with Crippen molar-refractivity contribution in [1.82, 2.24) is 5.12 Å². The molecule has 0 aromatic heterocycles. The Balaban J connectivity index is 1.89. The van der Waals surface area contributed by atoms with Gasteiger partial charge in [0, 0.05) is 7.05 Å². The molecule has 0 unspecified atom stereocenters. The average molecular weight is 325 g/mol. The van der Waals surface area contributed by atoms with Crippen molar-refractivity contribution >= 4 is 11.4 Å². The molecule has 3 aromatic carbocycles. The zero-order valence-electron chi connectivity index (χ0n) is 14.1. The molecule has 1 aliphatic heterocycles. The minimum Gasteiger partial charge on any atom is -0.188 e. The van der Waals surface area contributed by atoms with E-state index in [0.29, 0.717) is 0 Å². The first-order chi connectivity index (χ1) is 12.3. The molecule has 3 heteroatoms. The van der Waals surface area contributed by atoms with Gasteiger partial charge in [0.2, 0.25) is 0 Å². The van der Waals surface area contributed by atoms with Gasteiger partial charge in [0.05, 0.1) is 17.3 Å². The molecule has 3 aromatic rings. The van der Waals surface area contributed by atoms with Crippen LogP contribution in [0.1, 0.15) is 22.6 Å². The van der Waals surface area contributed by atoms with Crippen molar-refractivity contribution in [3.05, 3.63) is 108 Å². The van der Waals surface area contributed by atoms with Gasteiger partial charge < -0.3 is 0 Å². The largest absolute Gasteiger partial charge is 0.188 e. The van der Waals surface area contributed by atoms with E-state index in [0.717, 1.165) is 22.6 Å². The second-order valence-corrected chi connectivity index (χ2v) is 6.04. The molecule has 0 radical (unpaired) electrons. The van der Waals surface area contributed by atoms with E-state index in [4.69, 9.17) is 10.2 Å². The number of hydrogen-bond acceptors (Lipinski definition) is 3. The van der Waals surface area contributed by atoms with Gasteiger partial charge in [0.15, 0.2) is 0 Å². The summed E-state index contributed by atoms with van der Waals surface area (Å²) in [6, 6.07) is 31.2. The predicted molar refractivity (Wildman–Crippen MR) is 103 cm³/mol. The van der Waals surface area contributed by atoms with E-state index in [1.54, 1.807) is 5.12 Å². The van der Waals surface area contributed by atoms with Crippen LogP contribution >= 0.6 is 0 Å². The Morgan fingerprint density at radius 1 is 0.600 bits per heavy atom. The molecule has 3 nitrogen and oxygen atoms in total. The molecule has 25 heavy (non-hydrogen) atoms. The van der Waals surface area contributed by atoms with Crippen LogP contribution in [-0.2, 0) is 0 Å². The van der Waals surface area contributed by atoms with Crippen molar-refractivity contribution in [3.63, 3.8) is 0 Å². The Bertz CT molecular complexity index is 842. The van der Waals surface area contributed by atoms with E-state index in [9.17, 15) is 0 Å². The summed E-state index contributed by atoms with van der Waals surface area (Å²) >= 11 is 0. The summed E-state index contributed by atoms with van der Waals surface area (Å²) in [6.07, 6.45) is 0. The fourth-order valence-electron chi connectivity index (χ4n) is 3.21. The third-order valence-electron chi connectivity index (χ3n) is 4.32. The molecule has 0 fully saturated rings. The molecular formula is C22H19N3. The summed E-state index contributed by atoms with van der Waals surface area (Å²) in [7, 11) is 1.88. The standard InChI is InChI=1S/C22H19N3/c1-25-23-21(18-13-7-3-8-14-18)20(17-11-5-2-6-12-17)22(24-25)19-15-9-4-10-16-19/h2-16,20H,1H3. The Morgan fingerprint density at radius 2 is 1.00 bits per heavy atom. The van der Waals surface area contributed by atoms with Gasteiger partial charge in [-0.3, -0.25) is 0 Å². The minimum atomic E-state index is 0.00204. The van der Waals surface area contributed by atoms with Crippen molar-refractivity contribution in [1.29, 1.82) is 0 Å². The SMILES string of the molecule is CN1N=C(c2ccccc2)C(c2ccccc2)C(c2ccccc2)=N1. The predicted octanol–water partition coefficient (Wildman–Crippen LogP) is 4.52. The smallest absolute Gasteiger partial charge is 0.0834 e. The Morgan fingerprint density at radius 3 is 1.44 bits per heavy atom. The lowest BCUT2D eigenvalue weighted by atomic mass is 9.83. The fourth-order valence-corrected chi connectivity index (χ4v) is 3.21. The molecule has 0 aliphatic carbocycles. The molecule has 0 saturated carbocycles. The summed E-state index contributed by atoms with van der Waals surface area (Å²) < 4.78 is 0. The van der Waals surface area contributed by atoms with Crippen molar-refractivity contribution in [2.45, 2.75) is 5.92 Å². The normalized spacial score (nSPS) is 14.8. The average Bonchev–Trinajstić information content (AvgIpc) is 2.69. The van der Waals surface area contributed by atoms with Gasteiger partial charge in [0.25, 0.3) is 0 Å². The molecule has 1 heterocycles. The van der Waals surface area contributed by atoms with Crippen LogP contribution in [0.4, 0.5) is 0 Å². The molecule has 0 spiro atoms. The zero-order valence-corrected chi connectivity index (χ0v) is 14.1.